The highest BCUT2D eigenvalue weighted by Crippen LogP contribution is 2.27. The molecule has 348 valence electrons. The fraction of sp³-hybridized carbons (Fsp3) is 0.298. The Balaban J connectivity index is 0.915. The Labute approximate surface area is 395 Å². The third-order valence-corrected chi connectivity index (χ3v) is 11.1. The summed E-state index contributed by atoms with van der Waals surface area (Å²) in [5, 5.41) is 21.3. The molecular formula is C57H62N2O8. The fourth-order valence-electron chi connectivity index (χ4n) is 7.17. The fourth-order valence-corrected chi connectivity index (χ4v) is 7.17. The van der Waals surface area contributed by atoms with E-state index in [0.717, 1.165) is 36.8 Å². The first-order valence-electron chi connectivity index (χ1n) is 23.6. The first-order chi connectivity index (χ1) is 32.8. The van der Waals surface area contributed by atoms with Gasteiger partial charge in [-0.1, -0.05) is 102 Å². The van der Waals surface area contributed by atoms with E-state index in [1.54, 1.807) is 85.2 Å². The van der Waals surface area contributed by atoms with E-state index < -0.39 is 11.9 Å². The molecule has 0 unspecified atom stereocenters. The monoisotopic (exact) mass is 902 g/mol. The molecule has 0 radical (unpaired) electrons. The molecule has 0 spiro atoms. The zero-order chi connectivity index (χ0) is 47.1. The number of aliphatic imine (C=N–C) groups is 2. The van der Waals surface area contributed by atoms with Crippen molar-refractivity contribution in [1.82, 2.24) is 0 Å². The van der Waals surface area contributed by atoms with E-state index in [2.05, 4.69) is 23.8 Å². The minimum absolute atomic E-state index is 0.0628. The molecule has 10 nitrogen and oxygen atoms in total. The standard InChI is InChI=1S/C57H62N2O8/c1-3-5-7-9-11-13-35-64-50-29-19-44(20-30-50)56(62)66-52-33-23-46(54(60)38-52)40-58-48-25-15-42(16-26-48)37-43-17-27-49(28-18-43)59-41-47-24-34-53(39-55(47)61)67-57(63)45-21-31-51(32-22-45)65-36-14-12-10-8-6-4-2/h15-34,38-41,60-61H,3-14,35-37H2,1-2H3. The Morgan fingerprint density at radius 2 is 0.806 bits per heavy atom. The number of phenolic OH excluding ortho intramolecular Hbond substituents is 2. The first-order valence-corrected chi connectivity index (χ1v) is 23.6. The molecule has 0 amide bonds. The number of esters is 2. The molecule has 6 aromatic rings. The van der Waals surface area contributed by atoms with E-state index >= 15 is 0 Å². The molecule has 0 bridgehead atoms. The summed E-state index contributed by atoms with van der Waals surface area (Å²) in [6.45, 7) is 5.72. The maximum Gasteiger partial charge on any atom is 0.343 e. The normalized spacial score (nSPS) is 11.3. The van der Waals surface area contributed by atoms with Crippen molar-refractivity contribution in [3.05, 3.63) is 167 Å². The molecule has 0 saturated carbocycles. The van der Waals surface area contributed by atoms with Gasteiger partial charge in [-0.05, 0) is 127 Å². The summed E-state index contributed by atoms with van der Waals surface area (Å²) in [4.78, 5) is 34.6. The second-order valence-electron chi connectivity index (χ2n) is 16.5. The van der Waals surface area contributed by atoms with Crippen molar-refractivity contribution in [2.45, 2.75) is 97.3 Å². The highest BCUT2D eigenvalue weighted by atomic mass is 16.5. The predicted molar refractivity (Wildman–Crippen MR) is 267 cm³/mol. The van der Waals surface area contributed by atoms with Crippen molar-refractivity contribution >= 4 is 35.7 Å². The number of hydrogen-bond acceptors (Lipinski definition) is 10. The molecule has 0 aliphatic heterocycles. The van der Waals surface area contributed by atoms with Gasteiger partial charge in [-0.3, -0.25) is 9.98 Å². The number of carbonyl (C=O) groups excluding carboxylic acids is 2. The Morgan fingerprint density at radius 1 is 0.448 bits per heavy atom. The second-order valence-corrected chi connectivity index (χ2v) is 16.5. The van der Waals surface area contributed by atoms with Crippen LogP contribution in [-0.2, 0) is 6.42 Å². The third-order valence-electron chi connectivity index (χ3n) is 11.1. The molecule has 6 rings (SSSR count). The number of unbranched alkanes of at least 4 members (excludes halogenated alkanes) is 10. The van der Waals surface area contributed by atoms with Crippen LogP contribution in [0.3, 0.4) is 0 Å². The van der Waals surface area contributed by atoms with Crippen molar-refractivity contribution in [2.75, 3.05) is 13.2 Å². The van der Waals surface area contributed by atoms with Gasteiger partial charge in [0.2, 0.25) is 0 Å². The predicted octanol–water partition coefficient (Wildman–Crippen LogP) is 14.1. The first kappa shape index (κ1) is 49.2. The highest BCUT2D eigenvalue weighted by molar-refractivity contribution is 5.92. The molecule has 0 aliphatic rings. The molecule has 10 heteroatoms. The average Bonchev–Trinajstić information content (AvgIpc) is 3.34. The summed E-state index contributed by atoms with van der Waals surface area (Å²) < 4.78 is 22.7. The van der Waals surface area contributed by atoms with Crippen LogP contribution in [0.5, 0.6) is 34.5 Å². The lowest BCUT2D eigenvalue weighted by Gasteiger charge is -2.08. The summed E-state index contributed by atoms with van der Waals surface area (Å²) in [5.41, 5.74) is 5.34. The molecule has 0 saturated heterocycles. The van der Waals surface area contributed by atoms with Crippen molar-refractivity contribution in [2.24, 2.45) is 9.98 Å². The van der Waals surface area contributed by atoms with Crippen molar-refractivity contribution in [3.8, 4) is 34.5 Å². The average molecular weight is 903 g/mol. The molecule has 6 aromatic carbocycles. The summed E-state index contributed by atoms with van der Waals surface area (Å²) in [7, 11) is 0. The highest BCUT2D eigenvalue weighted by Gasteiger charge is 2.13. The smallest absolute Gasteiger partial charge is 0.343 e. The largest absolute Gasteiger partial charge is 0.507 e. The summed E-state index contributed by atoms with van der Waals surface area (Å²) >= 11 is 0. The van der Waals surface area contributed by atoms with Crippen LogP contribution in [0, 0.1) is 0 Å². The lowest BCUT2D eigenvalue weighted by Crippen LogP contribution is -2.08. The van der Waals surface area contributed by atoms with Crippen LogP contribution in [0.25, 0.3) is 0 Å². The van der Waals surface area contributed by atoms with Crippen molar-refractivity contribution in [3.63, 3.8) is 0 Å². The van der Waals surface area contributed by atoms with E-state index in [9.17, 15) is 19.8 Å². The van der Waals surface area contributed by atoms with E-state index in [0.29, 0.717) is 64.8 Å². The summed E-state index contributed by atoms with van der Waals surface area (Å²) in [5.74, 6) is 0.685. The Kier molecular flexibility index (Phi) is 19.6. The van der Waals surface area contributed by atoms with Crippen LogP contribution < -0.4 is 18.9 Å². The second kappa shape index (κ2) is 26.7. The number of rotatable bonds is 26. The number of nitrogens with zero attached hydrogens (tertiary/aromatic N) is 2. The van der Waals surface area contributed by atoms with Crippen LogP contribution in [0.2, 0.25) is 0 Å². The zero-order valence-electron chi connectivity index (χ0n) is 38.7. The van der Waals surface area contributed by atoms with E-state index in [1.807, 2.05) is 48.5 Å². The number of aromatic hydroxyl groups is 2. The van der Waals surface area contributed by atoms with Crippen LogP contribution in [0.15, 0.2) is 143 Å². The van der Waals surface area contributed by atoms with Gasteiger partial charge in [0, 0.05) is 35.7 Å². The Hall–Kier alpha value is -7.20. The van der Waals surface area contributed by atoms with Gasteiger partial charge in [0.1, 0.15) is 34.5 Å². The molecule has 0 aromatic heterocycles. The van der Waals surface area contributed by atoms with E-state index in [1.165, 1.54) is 63.5 Å². The number of ether oxygens (including phenoxy) is 4. The molecule has 0 heterocycles. The maximum absolute atomic E-state index is 12.8. The van der Waals surface area contributed by atoms with Gasteiger partial charge in [-0.2, -0.15) is 0 Å². The third kappa shape index (κ3) is 16.6. The number of hydrogen-bond donors (Lipinski definition) is 2. The molecule has 0 atom stereocenters. The Morgan fingerprint density at radius 3 is 1.18 bits per heavy atom. The minimum atomic E-state index is -0.530. The maximum atomic E-state index is 12.8. The summed E-state index contributed by atoms with van der Waals surface area (Å²) in [6.07, 6.45) is 18.1. The Bertz CT molecular complexity index is 2340. The minimum Gasteiger partial charge on any atom is -0.507 e. The quantitative estimate of drug-likeness (QED) is 0.0238. The molecule has 0 aliphatic carbocycles. The van der Waals surface area contributed by atoms with Gasteiger partial charge in [0.25, 0.3) is 0 Å². The van der Waals surface area contributed by atoms with Gasteiger partial charge in [-0.15, -0.1) is 0 Å². The lowest BCUT2D eigenvalue weighted by molar-refractivity contribution is 0.0724. The van der Waals surface area contributed by atoms with E-state index in [-0.39, 0.29) is 23.0 Å². The molecule has 0 fully saturated rings. The lowest BCUT2D eigenvalue weighted by atomic mass is 10.0. The zero-order valence-corrected chi connectivity index (χ0v) is 38.7. The molecule has 2 N–H and O–H groups in total. The topological polar surface area (TPSA) is 136 Å². The number of phenols is 2. The van der Waals surface area contributed by atoms with Gasteiger partial charge >= 0.3 is 11.9 Å². The number of benzene rings is 6. The van der Waals surface area contributed by atoms with Crippen LogP contribution in [0.1, 0.15) is 134 Å². The van der Waals surface area contributed by atoms with Crippen LogP contribution >= 0.6 is 0 Å². The SMILES string of the molecule is CCCCCCCCOc1ccc(C(=O)Oc2ccc(C=Nc3ccc(Cc4ccc(N=Cc5ccc(OC(=O)c6ccc(OCCCCCCCC)cc6)cc5O)cc4)cc3)c(O)c2)cc1. The van der Waals surface area contributed by atoms with Gasteiger partial charge in [0.05, 0.1) is 35.7 Å². The van der Waals surface area contributed by atoms with Crippen LogP contribution in [0.4, 0.5) is 11.4 Å². The van der Waals surface area contributed by atoms with Crippen molar-refractivity contribution in [1.29, 1.82) is 0 Å². The number of carbonyl (C=O) groups is 2. The van der Waals surface area contributed by atoms with Crippen LogP contribution in [-0.4, -0.2) is 47.8 Å². The van der Waals surface area contributed by atoms with Crippen molar-refractivity contribution < 1.29 is 38.7 Å². The van der Waals surface area contributed by atoms with Gasteiger partial charge < -0.3 is 29.2 Å². The summed E-state index contributed by atoms with van der Waals surface area (Å²) in [6, 6.07) is 38.7. The molecular weight excluding hydrogens is 841 g/mol. The molecule has 67 heavy (non-hydrogen) atoms. The van der Waals surface area contributed by atoms with Gasteiger partial charge in [0.15, 0.2) is 0 Å². The van der Waals surface area contributed by atoms with E-state index in [4.69, 9.17) is 18.9 Å². The van der Waals surface area contributed by atoms with Gasteiger partial charge in [-0.25, -0.2) is 9.59 Å².